The third-order valence-corrected chi connectivity index (χ3v) is 2.69. The first-order valence-corrected chi connectivity index (χ1v) is 5.48. The molecular weight excluding hydrogens is 184 g/mol. The minimum absolute atomic E-state index is 0.0362. The van der Waals surface area contributed by atoms with Gasteiger partial charge in [0.15, 0.2) is 5.17 Å². The molecule has 0 bridgehead atoms. The molecule has 4 heteroatoms. The van der Waals surface area contributed by atoms with Gasteiger partial charge >= 0.3 is 0 Å². The van der Waals surface area contributed by atoms with Crippen molar-refractivity contribution < 1.29 is 4.79 Å². The molecule has 0 spiro atoms. The zero-order valence-corrected chi connectivity index (χ0v) is 9.02. The summed E-state index contributed by atoms with van der Waals surface area (Å²) in [7, 11) is 0. The number of carbonyl (C=O) groups excluding carboxylic acids is 1. The minimum atomic E-state index is -0.0822. The molecule has 1 aliphatic heterocycles. The zero-order valence-electron chi connectivity index (χ0n) is 8.20. The Morgan fingerprint density at radius 2 is 2.08 bits per heavy atom. The maximum Gasteiger partial charge on any atom is 0.256 e. The minimum Gasteiger partial charge on any atom is -0.272 e. The lowest BCUT2D eigenvalue weighted by Gasteiger charge is -2.15. The molecule has 0 saturated carbocycles. The van der Waals surface area contributed by atoms with Gasteiger partial charge in [0.25, 0.3) is 5.91 Å². The van der Waals surface area contributed by atoms with Crippen LogP contribution in [0.5, 0.6) is 0 Å². The fourth-order valence-electron chi connectivity index (χ4n) is 1.27. The molecule has 1 aliphatic rings. The van der Waals surface area contributed by atoms with Gasteiger partial charge in [-0.05, 0) is 19.1 Å². The number of aliphatic imine (C=N–C) groups is 2. The van der Waals surface area contributed by atoms with Crippen LogP contribution >= 0.6 is 11.8 Å². The average Bonchev–Trinajstić information content (AvgIpc) is 2.04. The van der Waals surface area contributed by atoms with Crippen LogP contribution in [0.1, 0.15) is 27.2 Å². The Morgan fingerprint density at radius 3 is 2.54 bits per heavy atom. The van der Waals surface area contributed by atoms with Crippen molar-refractivity contribution in [2.24, 2.45) is 15.9 Å². The molecule has 0 aromatic heterocycles. The monoisotopic (exact) mass is 198 g/mol. The molecule has 0 saturated heterocycles. The highest BCUT2D eigenvalue weighted by Gasteiger charge is 2.23. The number of carbonyl (C=O) groups is 1. The normalized spacial score (nSPS) is 22.7. The van der Waals surface area contributed by atoms with Gasteiger partial charge in [-0.15, -0.1) is 0 Å². The molecule has 1 rings (SSSR count). The van der Waals surface area contributed by atoms with Gasteiger partial charge in [-0.3, -0.25) is 4.79 Å². The Bertz CT molecular complexity index is 271. The van der Waals surface area contributed by atoms with Crippen molar-refractivity contribution in [2.75, 3.05) is 5.75 Å². The molecule has 0 aliphatic carbocycles. The van der Waals surface area contributed by atoms with Crippen LogP contribution < -0.4 is 0 Å². The molecule has 1 heterocycles. The molecule has 72 valence electrons. The molecule has 13 heavy (non-hydrogen) atoms. The van der Waals surface area contributed by atoms with E-state index in [1.807, 2.05) is 20.8 Å². The molecule has 0 fully saturated rings. The average molecular weight is 198 g/mol. The lowest BCUT2D eigenvalue weighted by molar-refractivity contribution is -0.119. The largest absolute Gasteiger partial charge is 0.272 e. The van der Waals surface area contributed by atoms with Crippen LogP contribution in [-0.2, 0) is 4.79 Å². The van der Waals surface area contributed by atoms with Crippen molar-refractivity contribution in [2.45, 2.75) is 27.2 Å². The lowest BCUT2D eigenvalue weighted by Crippen LogP contribution is -2.25. The topological polar surface area (TPSA) is 41.8 Å². The number of rotatable bonds is 2. The Kier molecular flexibility index (Phi) is 3.66. The van der Waals surface area contributed by atoms with Crippen molar-refractivity contribution in [3.63, 3.8) is 0 Å². The van der Waals surface area contributed by atoms with Crippen molar-refractivity contribution in [1.82, 2.24) is 0 Å². The summed E-state index contributed by atoms with van der Waals surface area (Å²) in [5.41, 5.74) is 0.901. The van der Waals surface area contributed by atoms with Crippen LogP contribution in [0, 0.1) is 5.92 Å². The number of nitrogens with zero attached hydrogens (tertiary/aromatic N) is 2. The Balaban J connectivity index is 2.80. The van der Waals surface area contributed by atoms with Crippen LogP contribution in [0.25, 0.3) is 0 Å². The van der Waals surface area contributed by atoms with Gasteiger partial charge in [-0.2, -0.15) is 4.99 Å². The van der Waals surface area contributed by atoms with Gasteiger partial charge in [-0.25, -0.2) is 4.99 Å². The molecule has 0 N–H and O–H groups in total. The summed E-state index contributed by atoms with van der Waals surface area (Å²) in [5, 5.41) is 0.620. The van der Waals surface area contributed by atoms with Crippen molar-refractivity contribution in [3.8, 4) is 0 Å². The summed E-state index contributed by atoms with van der Waals surface area (Å²) < 4.78 is 0. The first-order valence-electron chi connectivity index (χ1n) is 4.49. The Morgan fingerprint density at radius 1 is 1.38 bits per heavy atom. The van der Waals surface area contributed by atoms with Crippen LogP contribution in [0.4, 0.5) is 0 Å². The summed E-state index contributed by atoms with van der Waals surface area (Å²) in [5.74, 6) is 0.784. The maximum absolute atomic E-state index is 11.4. The highest BCUT2D eigenvalue weighted by molar-refractivity contribution is 8.13. The lowest BCUT2D eigenvalue weighted by atomic mass is 10.0. The maximum atomic E-state index is 11.4. The van der Waals surface area contributed by atoms with Gasteiger partial charge in [0.05, 0.1) is 5.92 Å². The van der Waals surface area contributed by atoms with E-state index in [1.165, 1.54) is 11.8 Å². The molecule has 3 nitrogen and oxygen atoms in total. The zero-order chi connectivity index (χ0) is 9.84. The third kappa shape index (κ3) is 2.40. The number of amides is 1. The second-order valence-electron chi connectivity index (χ2n) is 2.88. The summed E-state index contributed by atoms with van der Waals surface area (Å²) in [6, 6.07) is 0. The predicted octanol–water partition coefficient (Wildman–Crippen LogP) is 2.12. The first kappa shape index (κ1) is 10.4. The first-order chi connectivity index (χ1) is 6.19. The van der Waals surface area contributed by atoms with Gasteiger partial charge in [0, 0.05) is 5.71 Å². The summed E-state index contributed by atoms with van der Waals surface area (Å²) in [4.78, 5) is 19.7. The summed E-state index contributed by atoms with van der Waals surface area (Å²) >= 11 is 1.51. The van der Waals surface area contributed by atoms with E-state index in [1.54, 1.807) is 0 Å². The second-order valence-corrected chi connectivity index (χ2v) is 4.11. The molecular formula is C9H14N2OS. The van der Waals surface area contributed by atoms with Crippen LogP contribution in [0.2, 0.25) is 0 Å². The fourth-order valence-corrected chi connectivity index (χ4v) is 1.89. The summed E-state index contributed by atoms with van der Waals surface area (Å²) in [6.07, 6.45) is 0.793. The Hall–Kier alpha value is -0.640. The van der Waals surface area contributed by atoms with Crippen molar-refractivity contribution in [3.05, 3.63) is 0 Å². The standard InChI is InChI=1S/C9H14N2OS/c1-4-7-6(3)10-9(13-5-2)11-8(7)12/h7H,4-5H2,1-3H3. The van der Waals surface area contributed by atoms with E-state index in [-0.39, 0.29) is 11.8 Å². The van der Waals surface area contributed by atoms with Crippen molar-refractivity contribution >= 4 is 28.5 Å². The van der Waals surface area contributed by atoms with Gasteiger partial charge < -0.3 is 0 Å². The number of thioether (sulfide) groups is 1. The van der Waals surface area contributed by atoms with E-state index in [4.69, 9.17) is 0 Å². The highest BCUT2D eigenvalue weighted by Crippen LogP contribution is 2.17. The predicted molar refractivity (Wildman–Crippen MR) is 57.5 cm³/mol. The highest BCUT2D eigenvalue weighted by atomic mass is 32.2. The van der Waals surface area contributed by atoms with Crippen LogP contribution in [-0.4, -0.2) is 22.5 Å². The second kappa shape index (κ2) is 4.56. The van der Waals surface area contributed by atoms with E-state index < -0.39 is 0 Å². The van der Waals surface area contributed by atoms with Gasteiger partial charge in [0.1, 0.15) is 0 Å². The van der Waals surface area contributed by atoms with E-state index in [9.17, 15) is 4.79 Å². The molecule has 1 atom stereocenters. The molecule has 1 amide bonds. The van der Waals surface area contributed by atoms with Crippen LogP contribution in [0.3, 0.4) is 0 Å². The van der Waals surface area contributed by atoms with Gasteiger partial charge in [-0.1, -0.05) is 25.6 Å². The quantitative estimate of drug-likeness (QED) is 0.682. The Labute approximate surface area is 82.7 Å². The number of hydrogen-bond acceptors (Lipinski definition) is 3. The fraction of sp³-hybridized carbons (Fsp3) is 0.667. The number of amidine groups is 1. The van der Waals surface area contributed by atoms with Crippen molar-refractivity contribution in [1.29, 1.82) is 0 Å². The van der Waals surface area contributed by atoms with E-state index in [0.29, 0.717) is 5.17 Å². The van der Waals surface area contributed by atoms with Gasteiger partial charge in [0.2, 0.25) is 0 Å². The van der Waals surface area contributed by atoms with Crippen LogP contribution in [0.15, 0.2) is 9.98 Å². The van der Waals surface area contributed by atoms with E-state index >= 15 is 0 Å². The molecule has 0 aromatic rings. The van der Waals surface area contributed by atoms with E-state index in [0.717, 1.165) is 17.9 Å². The smallest absolute Gasteiger partial charge is 0.256 e. The third-order valence-electron chi connectivity index (χ3n) is 1.96. The molecule has 0 aromatic carbocycles. The van der Waals surface area contributed by atoms with E-state index in [2.05, 4.69) is 9.98 Å². The SMILES string of the molecule is CCSC1=NC(=O)C(CC)C(C)=N1. The number of hydrogen-bond donors (Lipinski definition) is 0. The molecule has 0 radical (unpaired) electrons. The molecule has 1 unspecified atom stereocenters. The summed E-state index contributed by atoms with van der Waals surface area (Å²) in [6.45, 7) is 5.90.